The highest BCUT2D eigenvalue weighted by Crippen LogP contribution is 2.30. The zero-order valence-electron chi connectivity index (χ0n) is 29.4. The molecule has 0 bridgehead atoms. The maximum absolute atomic E-state index is 13.3. The summed E-state index contributed by atoms with van der Waals surface area (Å²) in [7, 11) is 0. The molecule has 1 aliphatic heterocycles. The molecule has 0 aromatic heterocycles. The van der Waals surface area contributed by atoms with Crippen LogP contribution >= 0.6 is 0 Å². The van der Waals surface area contributed by atoms with Crippen LogP contribution in [0.15, 0.2) is 121 Å². The third-order valence-electron chi connectivity index (χ3n) is 7.97. The van der Waals surface area contributed by atoms with Gasteiger partial charge in [0.1, 0.15) is 36.6 Å². The number of esters is 1. The van der Waals surface area contributed by atoms with Crippen LogP contribution in [-0.2, 0) is 59.6 Å². The molecule has 1 saturated heterocycles. The predicted octanol–water partition coefficient (Wildman–Crippen LogP) is 6.33. The van der Waals surface area contributed by atoms with Crippen LogP contribution in [0.25, 0.3) is 0 Å². The van der Waals surface area contributed by atoms with Crippen LogP contribution in [0.4, 0.5) is 4.79 Å². The van der Waals surface area contributed by atoms with E-state index in [4.69, 9.17) is 28.4 Å². The molecule has 5 atom stereocenters. The molecule has 1 fully saturated rings. The predicted molar refractivity (Wildman–Crippen MR) is 192 cm³/mol. The Morgan fingerprint density at radius 2 is 1.04 bits per heavy atom. The van der Waals surface area contributed by atoms with E-state index in [9.17, 15) is 9.59 Å². The summed E-state index contributed by atoms with van der Waals surface area (Å²) in [5.74, 6) is -0.565. The fraction of sp³-hybridized carbons (Fsp3) is 0.366. The normalized spacial score (nSPS) is 20.3. The number of nitrogens with one attached hydrogen (secondary N) is 2. The Labute approximate surface area is 300 Å². The first-order valence-corrected chi connectivity index (χ1v) is 17.2. The molecule has 51 heavy (non-hydrogen) atoms. The maximum atomic E-state index is 13.3. The van der Waals surface area contributed by atoms with Gasteiger partial charge in [-0.05, 0) is 43.0 Å². The van der Waals surface area contributed by atoms with E-state index in [1.54, 1.807) is 20.8 Å². The Hall–Kier alpha value is -4.58. The van der Waals surface area contributed by atoms with Crippen molar-refractivity contribution in [3.05, 3.63) is 144 Å². The molecule has 0 radical (unpaired) electrons. The number of amides is 2. The van der Waals surface area contributed by atoms with E-state index >= 15 is 0 Å². The van der Waals surface area contributed by atoms with Gasteiger partial charge in [-0.2, -0.15) is 0 Å². The number of benzene rings is 4. The second-order valence-corrected chi connectivity index (χ2v) is 13.3. The minimum Gasteiger partial charge on any atom is -0.459 e. The summed E-state index contributed by atoms with van der Waals surface area (Å²) in [6, 6.07) is 38.6. The van der Waals surface area contributed by atoms with Gasteiger partial charge in [0, 0.05) is 0 Å². The Bertz CT molecular complexity index is 1600. The zero-order chi connectivity index (χ0) is 35.9. The van der Waals surface area contributed by atoms with Gasteiger partial charge in [0.2, 0.25) is 0 Å². The summed E-state index contributed by atoms with van der Waals surface area (Å²) in [6.07, 6.45) is -3.88. The van der Waals surface area contributed by atoms with E-state index in [1.807, 2.05) is 121 Å². The number of carbonyl (C=O) groups is 2. The Balaban J connectivity index is 1.42. The fourth-order valence-corrected chi connectivity index (χ4v) is 5.62. The molecule has 1 aliphatic rings. The van der Waals surface area contributed by atoms with E-state index in [2.05, 4.69) is 10.6 Å². The van der Waals surface area contributed by atoms with Crippen LogP contribution < -0.4 is 10.6 Å². The van der Waals surface area contributed by atoms with E-state index in [1.165, 1.54) is 0 Å². The maximum Gasteiger partial charge on any atom is 0.325 e. The van der Waals surface area contributed by atoms with Gasteiger partial charge in [-0.3, -0.25) is 4.79 Å². The van der Waals surface area contributed by atoms with E-state index in [0.29, 0.717) is 6.61 Å². The van der Waals surface area contributed by atoms with Crippen molar-refractivity contribution >= 4 is 12.0 Å². The lowest BCUT2D eigenvalue weighted by atomic mass is 9.97. The standard InChI is InChI=1S/C41H48N2O8/c1-41(2,3)51-35(44)24-42-40(45)43-39-38(49-28-33-22-14-7-15-23-33)37(48-27-32-20-12-6-13-21-32)36(47-26-31-18-10-5-11-19-31)34(50-39)29-46-25-30-16-8-4-9-17-30/h4-23,34,36-39H,24-29H2,1-3H3,(H2,42,43,45)/t34-,36-,37+,38-,39-/m1/s1. The van der Waals surface area contributed by atoms with Crippen molar-refractivity contribution in [2.24, 2.45) is 0 Å². The number of carbonyl (C=O) groups excluding carboxylic acids is 2. The van der Waals surface area contributed by atoms with Gasteiger partial charge in [-0.1, -0.05) is 121 Å². The Morgan fingerprint density at radius 3 is 1.51 bits per heavy atom. The minimum atomic E-state index is -1.00. The van der Waals surface area contributed by atoms with Gasteiger partial charge in [0.05, 0.1) is 33.0 Å². The molecule has 0 spiro atoms. The van der Waals surface area contributed by atoms with E-state index in [0.717, 1.165) is 22.3 Å². The summed E-state index contributed by atoms with van der Waals surface area (Å²) in [5.41, 5.74) is 3.19. The second-order valence-electron chi connectivity index (χ2n) is 13.3. The minimum absolute atomic E-state index is 0.142. The monoisotopic (exact) mass is 696 g/mol. The van der Waals surface area contributed by atoms with Crippen molar-refractivity contribution in [3.63, 3.8) is 0 Å². The highest BCUT2D eigenvalue weighted by atomic mass is 16.6. The number of urea groups is 1. The van der Waals surface area contributed by atoms with Crippen LogP contribution in [0.3, 0.4) is 0 Å². The van der Waals surface area contributed by atoms with Crippen LogP contribution in [0.2, 0.25) is 0 Å². The number of rotatable bonds is 16. The first kappa shape index (κ1) is 37.7. The van der Waals surface area contributed by atoms with E-state index < -0.39 is 48.2 Å². The molecule has 2 N–H and O–H groups in total. The SMILES string of the molecule is CC(C)(C)OC(=O)CNC(=O)N[C@@H]1O[C@H](COCc2ccccc2)[C@@H](OCc2ccccc2)[C@H](OCc2ccccc2)[C@H]1OCc1ccccc1. The molecular weight excluding hydrogens is 648 g/mol. The number of hydrogen-bond donors (Lipinski definition) is 2. The fourth-order valence-electron chi connectivity index (χ4n) is 5.62. The highest BCUT2D eigenvalue weighted by Gasteiger charge is 2.49. The van der Waals surface area contributed by atoms with Crippen LogP contribution in [0.1, 0.15) is 43.0 Å². The van der Waals surface area contributed by atoms with Crippen molar-refractivity contribution in [1.29, 1.82) is 0 Å². The summed E-state index contributed by atoms with van der Waals surface area (Å²) >= 11 is 0. The lowest BCUT2D eigenvalue weighted by Crippen LogP contribution is -2.66. The van der Waals surface area contributed by atoms with Crippen LogP contribution in [0, 0.1) is 0 Å². The van der Waals surface area contributed by atoms with Gasteiger partial charge in [0.25, 0.3) is 0 Å². The molecule has 0 unspecified atom stereocenters. The number of hydrogen-bond acceptors (Lipinski definition) is 8. The van der Waals surface area contributed by atoms with Crippen LogP contribution in [0.5, 0.6) is 0 Å². The van der Waals surface area contributed by atoms with Crippen molar-refractivity contribution < 1.29 is 38.0 Å². The van der Waals surface area contributed by atoms with Crippen LogP contribution in [-0.4, -0.2) is 61.4 Å². The van der Waals surface area contributed by atoms with Crippen molar-refractivity contribution in [3.8, 4) is 0 Å². The molecule has 270 valence electrons. The topological polar surface area (TPSA) is 114 Å². The molecule has 4 aromatic rings. The first-order chi connectivity index (χ1) is 24.7. The first-order valence-electron chi connectivity index (χ1n) is 17.2. The molecule has 10 nitrogen and oxygen atoms in total. The quantitative estimate of drug-likeness (QED) is 0.131. The van der Waals surface area contributed by atoms with Crippen molar-refractivity contribution in [1.82, 2.24) is 10.6 Å². The molecule has 1 heterocycles. The summed E-state index contributed by atoms with van der Waals surface area (Å²) < 4.78 is 38.1. The van der Waals surface area contributed by atoms with E-state index in [-0.39, 0.29) is 33.0 Å². The zero-order valence-corrected chi connectivity index (χ0v) is 29.4. The molecule has 2 amide bonds. The van der Waals surface area contributed by atoms with Gasteiger partial charge >= 0.3 is 12.0 Å². The van der Waals surface area contributed by atoms with Gasteiger partial charge in [-0.15, -0.1) is 0 Å². The number of ether oxygens (including phenoxy) is 6. The highest BCUT2D eigenvalue weighted by molar-refractivity contribution is 5.81. The van der Waals surface area contributed by atoms with Gasteiger partial charge < -0.3 is 39.1 Å². The smallest absolute Gasteiger partial charge is 0.325 e. The van der Waals surface area contributed by atoms with Crippen molar-refractivity contribution in [2.75, 3.05) is 13.2 Å². The lowest BCUT2D eigenvalue weighted by molar-refractivity contribution is -0.275. The Morgan fingerprint density at radius 1 is 0.608 bits per heavy atom. The average molecular weight is 697 g/mol. The third kappa shape index (κ3) is 12.6. The lowest BCUT2D eigenvalue weighted by Gasteiger charge is -2.46. The molecule has 5 rings (SSSR count). The Kier molecular flexibility index (Phi) is 14.1. The largest absolute Gasteiger partial charge is 0.459 e. The molecule has 10 heteroatoms. The van der Waals surface area contributed by atoms with Gasteiger partial charge in [-0.25, -0.2) is 4.79 Å². The summed E-state index contributed by atoms with van der Waals surface area (Å²) in [4.78, 5) is 25.7. The average Bonchev–Trinajstić information content (AvgIpc) is 3.13. The van der Waals surface area contributed by atoms with Gasteiger partial charge in [0.15, 0.2) is 6.23 Å². The second kappa shape index (κ2) is 19.1. The third-order valence-corrected chi connectivity index (χ3v) is 7.97. The molecule has 0 saturated carbocycles. The summed E-state index contributed by atoms with van der Waals surface area (Å²) in [5, 5.41) is 5.48. The molecular formula is C41H48N2O8. The summed E-state index contributed by atoms with van der Waals surface area (Å²) in [6.45, 7) is 6.23. The molecule has 4 aromatic carbocycles. The van der Waals surface area contributed by atoms with Crippen molar-refractivity contribution in [2.45, 2.75) is 83.4 Å². The molecule has 0 aliphatic carbocycles.